The summed E-state index contributed by atoms with van der Waals surface area (Å²) >= 11 is 1.81. The quantitative estimate of drug-likeness (QED) is 0.815. The van der Waals surface area contributed by atoms with Gasteiger partial charge in [0.25, 0.3) is 0 Å². The molecule has 1 saturated carbocycles. The Kier molecular flexibility index (Phi) is 6.56. The smallest absolute Gasteiger partial charge is 0.123 e. The molecule has 0 spiro atoms. The molecule has 1 atom stereocenters. The van der Waals surface area contributed by atoms with Crippen LogP contribution in [0.15, 0.2) is 36.5 Å². The van der Waals surface area contributed by atoms with Gasteiger partial charge < -0.3 is 5.11 Å². The van der Waals surface area contributed by atoms with E-state index in [2.05, 4.69) is 39.0 Å². The third kappa shape index (κ3) is 4.77. The van der Waals surface area contributed by atoms with Gasteiger partial charge in [-0.05, 0) is 19.3 Å². The van der Waals surface area contributed by atoms with Gasteiger partial charge >= 0.3 is 0 Å². The van der Waals surface area contributed by atoms with Crippen LogP contribution in [-0.4, -0.2) is 58.2 Å². The normalized spacial score (nSPS) is 22.9. The molecule has 1 aromatic heterocycles. The maximum absolute atomic E-state index is 9.59. The highest BCUT2D eigenvalue weighted by molar-refractivity contribution is 7.15. The molecule has 146 valence electrons. The Hall–Kier alpha value is -1.27. The predicted molar refractivity (Wildman–Crippen MR) is 112 cm³/mol. The maximum atomic E-state index is 9.59. The van der Waals surface area contributed by atoms with E-state index in [4.69, 9.17) is 0 Å². The molecule has 0 amide bonds. The highest BCUT2D eigenvalue weighted by Gasteiger charge is 2.32. The molecule has 2 aliphatic rings. The largest absolute Gasteiger partial charge is 0.396 e. The molecule has 0 bridgehead atoms. The summed E-state index contributed by atoms with van der Waals surface area (Å²) in [4.78, 5) is 11.2. The number of hydrogen-bond acceptors (Lipinski definition) is 5. The van der Waals surface area contributed by atoms with Gasteiger partial charge in [0.1, 0.15) is 5.01 Å². The summed E-state index contributed by atoms with van der Waals surface area (Å²) in [6.07, 6.45) is 9.77. The second-order valence-corrected chi connectivity index (χ2v) is 9.04. The lowest BCUT2D eigenvalue weighted by Gasteiger charge is -2.46. The van der Waals surface area contributed by atoms with Crippen molar-refractivity contribution in [3.63, 3.8) is 0 Å². The summed E-state index contributed by atoms with van der Waals surface area (Å²) in [5.41, 5.74) is 1.20. The minimum absolute atomic E-state index is 0.292. The second kappa shape index (κ2) is 9.28. The molecule has 1 aliphatic carbocycles. The highest BCUT2D eigenvalue weighted by Crippen LogP contribution is 2.29. The van der Waals surface area contributed by atoms with Crippen molar-refractivity contribution < 1.29 is 5.11 Å². The van der Waals surface area contributed by atoms with Gasteiger partial charge in [0.05, 0.1) is 0 Å². The Labute approximate surface area is 166 Å². The first-order valence-corrected chi connectivity index (χ1v) is 11.2. The van der Waals surface area contributed by atoms with Crippen LogP contribution < -0.4 is 0 Å². The zero-order valence-corrected chi connectivity index (χ0v) is 16.9. The lowest BCUT2D eigenvalue weighted by Crippen LogP contribution is -2.56. The first kappa shape index (κ1) is 19.1. The zero-order chi connectivity index (χ0) is 18.5. The molecule has 5 heteroatoms. The van der Waals surface area contributed by atoms with Crippen LogP contribution in [0.2, 0.25) is 0 Å². The van der Waals surface area contributed by atoms with E-state index in [9.17, 15) is 5.11 Å². The summed E-state index contributed by atoms with van der Waals surface area (Å²) in [5, 5.41) is 10.7. The van der Waals surface area contributed by atoms with Gasteiger partial charge in [-0.1, -0.05) is 49.6 Å². The molecule has 2 aromatic rings. The molecule has 4 rings (SSSR count). The third-order valence-electron chi connectivity index (χ3n) is 6.07. The molecule has 0 unspecified atom stereocenters. The summed E-state index contributed by atoms with van der Waals surface area (Å²) in [6, 6.07) is 11.7. The van der Waals surface area contributed by atoms with Gasteiger partial charge in [0.2, 0.25) is 0 Å². The minimum atomic E-state index is 0.292. The SMILES string of the molecule is OCC[C@@H]1CN(Cc2cnc(-c3ccccc3)s2)CCN1C1CCCCC1. The Bertz CT molecular complexity index is 699. The highest BCUT2D eigenvalue weighted by atomic mass is 32.1. The van der Waals surface area contributed by atoms with E-state index in [1.54, 1.807) is 0 Å². The second-order valence-electron chi connectivity index (χ2n) is 7.93. The van der Waals surface area contributed by atoms with Crippen LogP contribution in [0.25, 0.3) is 10.6 Å². The molecule has 0 radical (unpaired) electrons. The van der Waals surface area contributed by atoms with Crippen molar-refractivity contribution in [3.05, 3.63) is 41.4 Å². The number of hydrogen-bond donors (Lipinski definition) is 1. The molecule has 2 heterocycles. The number of thiazole rings is 1. The van der Waals surface area contributed by atoms with Gasteiger partial charge in [0.15, 0.2) is 0 Å². The number of nitrogens with zero attached hydrogens (tertiary/aromatic N) is 3. The van der Waals surface area contributed by atoms with Crippen molar-refractivity contribution in [1.29, 1.82) is 0 Å². The van der Waals surface area contributed by atoms with Crippen LogP contribution >= 0.6 is 11.3 Å². The van der Waals surface area contributed by atoms with Crippen LogP contribution in [-0.2, 0) is 6.54 Å². The molecule has 2 fully saturated rings. The standard InChI is InChI=1S/C22H31N3OS/c26-14-11-20-16-24(12-13-25(20)19-9-5-2-6-10-19)17-21-15-23-22(27-21)18-7-3-1-4-8-18/h1,3-4,7-8,15,19-20,26H,2,5-6,9-14,16-17H2/t20-/m1/s1. The third-order valence-corrected chi connectivity index (χ3v) is 7.10. The number of aliphatic hydroxyl groups excluding tert-OH is 1. The molecule has 1 aliphatic heterocycles. The van der Waals surface area contributed by atoms with Crippen molar-refractivity contribution in [2.24, 2.45) is 0 Å². The van der Waals surface area contributed by atoms with Crippen LogP contribution in [0, 0.1) is 0 Å². The van der Waals surface area contributed by atoms with Crippen molar-refractivity contribution in [2.45, 2.75) is 57.2 Å². The van der Waals surface area contributed by atoms with Crippen molar-refractivity contribution in [2.75, 3.05) is 26.2 Å². The fourth-order valence-electron chi connectivity index (χ4n) is 4.69. The number of aromatic nitrogens is 1. The van der Waals surface area contributed by atoms with Crippen molar-refractivity contribution in [1.82, 2.24) is 14.8 Å². The van der Waals surface area contributed by atoms with Gasteiger partial charge in [-0.2, -0.15) is 0 Å². The van der Waals surface area contributed by atoms with E-state index in [-0.39, 0.29) is 0 Å². The average molecular weight is 386 g/mol. The van der Waals surface area contributed by atoms with Crippen LogP contribution in [0.5, 0.6) is 0 Å². The summed E-state index contributed by atoms with van der Waals surface area (Å²) in [5.74, 6) is 0. The van der Waals surface area contributed by atoms with Crippen LogP contribution in [0.3, 0.4) is 0 Å². The van der Waals surface area contributed by atoms with Crippen LogP contribution in [0.4, 0.5) is 0 Å². The molecule has 1 saturated heterocycles. The Balaban J connectivity index is 1.38. The van der Waals surface area contributed by atoms with Crippen molar-refractivity contribution in [3.8, 4) is 10.6 Å². The number of rotatable bonds is 6. The fraction of sp³-hybridized carbons (Fsp3) is 0.591. The first-order chi connectivity index (χ1) is 13.3. The Morgan fingerprint density at radius 1 is 1.07 bits per heavy atom. The number of benzene rings is 1. The maximum Gasteiger partial charge on any atom is 0.123 e. The summed E-state index contributed by atoms with van der Waals surface area (Å²) in [7, 11) is 0. The van der Waals surface area contributed by atoms with Crippen molar-refractivity contribution >= 4 is 11.3 Å². The van der Waals surface area contributed by atoms with Gasteiger partial charge in [-0.25, -0.2) is 4.98 Å². The molecule has 27 heavy (non-hydrogen) atoms. The predicted octanol–water partition coefficient (Wildman–Crippen LogP) is 4.01. The zero-order valence-electron chi connectivity index (χ0n) is 16.1. The fourth-order valence-corrected chi connectivity index (χ4v) is 5.65. The molecule has 1 N–H and O–H groups in total. The minimum Gasteiger partial charge on any atom is -0.396 e. The Morgan fingerprint density at radius 2 is 1.89 bits per heavy atom. The molecular formula is C22H31N3OS. The number of aliphatic hydroxyl groups is 1. The van der Waals surface area contributed by atoms with E-state index in [0.29, 0.717) is 12.6 Å². The first-order valence-electron chi connectivity index (χ1n) is 10.4. The van der Waals surface area contributed by atoms with Gasteiger partial charge in [-0.15, -0.1) is 11.3 Å². The number of piperazine rings is 1. The van der Waals surface area contributed by atoms with Gasteiger partial charge in [0, 0.05) is 61.5 Å². The van der Waals surface area contributed by atoms with Crippen LogP contribution in [0.1, 0.15) is 43.4 Å². The van der Waals surface area contributed by atoms with E-state index in [0.717, 1.165) is 43.6 Å². The van der Waals surface area contributed by atoms with E-state index >= 15 is 0 Å². The molecule has 4 nitrogen and oxygen atoms in total. The molecule has 1 aromatic carbocycles. The lowest BCUT2D eigenvalue weighted by atomic mass is 9.92. The molecular weight excluding hydrogens is 354 g/mol. The van der Waals surface area contributed by atoms with E-state index < -0.39 is 0 Å². The topological polar surface area (TPSA) is 39.6 Å². The van der Waals surface area contributed by atoms with E-state index in [1.165, 1.54) is 42.5 Å². The van der Waals surface area contributed by atoms with E-state index in [1.807, 2.05) is 23.6 Å². The Morgan fingerprint density at radius 3 is 2.67 bits per heavy atom. The monoisotopic (exact) mass is 385 g/mol. The lowest BCUT2D eigenvalue weighted by molar-refractivity contribution is 0.0140. The summed E-state index contributed by atoms with van der Waals surface area (Å²) in [6.45, 7) is 4.59. The van der Waals surface area contributed by atoms with Gasteiger partial charge in [-0.3, -0.25) is 9.80 Å². The summed E-state index contributed by atoms with van der Waals surface area (Å²) < 4.78 is 0. The average Bonchev–Trinajstić information content (AvgIpc) is 3.18.